The third kappa shape index (κ3) is 10.9. The van der Waals surface area contributed by atoms with Crippen LogP contribution in [0.1, 0.15) is 16.7 Å². The standard InChI is InChI=1S/C13H17ClN6O3S.C11H11ClN4O3S/c1-8-7-9(3-4-10(8)24-23-22-21)17-13-19-11(14)18-12(20-13)16-6-5-15-2;1-6-4-9(20(17,18)19)7(2)3-8(6)15-11-14-5-13-10(12)16-11/h3-4,7,15,21H,5-6H2,1-2H3,(H2,16,17,18,19,20);3-5H,1-2H3,(H,17,18,19)(H,13,14,15,16). The summed E-state index contributed by atoms with van der Waals surface area (Å²) in [7, 11) is -2.38. The minimum absolute atomic E-state index is 0.0476. The van der Waals surface area contributed by atoms with Crippen LogP contribution in [0.15, 0.2) is 46.5 Å². The molecule has 0 aliphatic rings. The van der Waals surface area contributed by atoms with Crippen molar-refractivity contribution >= 4 is 74.6 Å². The van der Waals surface area contributed by atoms with Crippen LogP contribution in [0.4, 0.5) is 29.2 Å². The number of anilines is 5. The second kappa shape index (κ2) is 16.6. The van der Waals surface area contributed by atoms with Crippen molar-refractivity contribution in [3.8, 4) is 0 Å². The van der Waals surface area contributed by atoms with Crippen molar-refractivity contribution in [1.29, 1.82) is 0 Å². The van der Waals surface area contributed by atoms with Crippen LogP contribution in [-0.4, -0.2) is 68.3 Å². The number of rotatable bonds is 12. The van der Waals surface area contributed by atoms with Gasteiger partial charge in [-0.05, 0) is 98.0 Å². The van der Waals surface area contributed by atoms with Gasteiger partial charge in [-0.1, -0.05) is 5.04 Å². The Balaban J connectivity index is 0.000000244. The average Bonchev–Trinajstić information content (AvgIpc) is 2.94. The van der Waals surface area contributed by atoms with Crippen molar-refractivity contribution in [2.75, 3.05) is 36.1 Å². The normalized spacial score (nSPS) is 11.0. The second-order valence-electron chi connectivity index (χ2n) is 8.72. The minimum atomic E-state index is -4.24. The molecule has 2 aromatic heterocycles. The third-order valence-corrected chi connectivity index (χ3v) is 7.55. The van der Waals surface area contributed by atoms with Gasteiger partial charge in [0.2, 0.25) is 28.4 Å². The highest BCUT2D eigenvalue weighted by molar-refractivity contribution is 7.94. The highest BCUT2D eigenvalue weighted by Gasteiger charge is 2.16. The third-order valence-electron chi connectivity index (χ3n) is 5.44. The van der Waals surface area contributed by atoms with Gasteiger partial charge in [0.25, 0.3) is 10.1 Å². The van der Waals surface area contributed by atoms with Crippen molar-refractivity contribution in [3.63, 3.8) is 0 Å². The summed E-state index contributed by atoms with van der Waals surface area (Å²) >= 11 is 12.5. The molecule has 6 N–H and O–H groups in total. The molecule has 0 spiro atoms. The molecule has 0 saturated carbocycles. The van der Waals surface area contributed by atoms with Crippen LogP contribution in [0.5, 0.6) is 0 Å². The summed E-state index contributed by atoms with van der Waals surface area (Å²) in [5.41, 5.74) is 3.30. The monoisotopic (exact) mass is 686 g/mol. The van der Waals surface area contributed by atoms with Gasteiger partial charge >= 0.3 is 0 Å². The second-order valence-corrected chi connectivity index (χ2v) is 11.5. The Bertz CT molecular complexity index is 1690. The van der Waals surface area contributed by atoms with Crippen LogP contribution in [0, 0.1) is 20.8 Å². The SMILES string of the molecule is CNCCNc1nc(Cl)nc(Nc2ccc(SOOO)c(C)c2)n1.Cc1cc(S(=O)(=O)O)c(C)cc1Nc1ncnc(Cl)n1. The lowest BCUT2D eigenvalue weighted by Crippen LogP contribution is -2.19. The lowest BCUT2D eigenvalue weighted by atomic mass is 10.1. The Hall–Kier alpha value is -3.46. The molecule has 0 aliphatic carbocycles. The fraction of sp³-hybridized carbons (Fsp3) is 0.250. The predicted octanol–water partition coefficient (Wildman–Crippen LogP) is 4.77. The van der Waals surface area contributed by atoms with Gasteiger partial charge in [0, 0.05) is 29.4 Å². The number of nitrogens with one attached hydrogen (secondary N) is 4. The van der Waals surface area contributed by atoms with Crippen LogP contribution in [0.25, 0.3) is 0 Å². The van der Waals surface area contributed by atoms with Crippen LogP contribution in [-0.2, 0) is 19.5 Å². The fourth-order valence-corrected chi connectivity index (χ4v) is 4.94. The van der Waals surface area contributed by atoms with Crippen LogP contribution < -0.4 is 21.3 Å². The van der Waals surface area contributed by atoms with Crippen molar-refractivity contribution in [3.05, 3.63) is 63.9 Å². The number of benzene rings is 2. The minimum Gasteiger partial charge on any atom is -0.353 e. The predicted molar refractivity (Wildman–Crippen MR) is 166 cm³/mol. The van der Waals surface area contributed by atoms with E-state index in [0.29, 0.717) is 35.3 Å². The number of nitrogens with zero attached hydrogens (tertiary/aromatic N) is 6. The van der Waals surface area contributed by atoms with Crippen LogP contribution in [0.3, 0.4) is 0 Å². The maximum Gasteiger partial charge on any atom is 0.294 e. The number of halogens is 2. The van der Waals surface area contributed by atoms with E-state index in [9.17, 15) is 8.42 Å². The molecule has 0 radical (unpaired) electrons. The Morgan fingerprint density at radius 2 is 1.59 bits per heavy atom. The molecule has 0 bridgehead atoms. The van der Waals surface area contributed by atoms with Gasteiger partial charge in [-0.15, -0.1) is 4.33 Å². The van der Waals surface area contributed by atoms with E-state index in [-0.39, 0.29) is 21.4 Å². The summed E-state index contributed by atoms with van der Waals surface area (Å²) in [6, 6.07) is 8.43. The maximum atomic E-state index is 11.2. The van der Waals surface area contributed by atoms with Gasteiger partial charge in [0.1, 0.15) is 6.33 Å². The summed E-state index contributed by atoms with van der Waals surface area (Å²) in [5, 5.41) is 24.0. The number of aryl methyl sites for hydroxylation is 3. The van der Waals surface area contributed by atoms with E-state index in [0.717, 1.165) is 34.7 Å². The first-order chi connectivity index (χ1) is 20.9. The van der Waals surface area contributed by atoms with E-state index >= 15 is 0 Å². The zero-order chi connectivity index (χ0) is 32.3. The summed E-state index contributed by atoms with van der Waals surface area (Å²) < 4.78 is 35.9. The quantitative estimate of drug-likeness (QED) is 0.0388. The highest BCUT2D eigenvalue weighted by atomic mass is 35.5. The van der Waals surface area contributed by atoms with Crippen LogP contribution >= 0.6 is 35.2 Å². The van der Waals surface area contributed by atoms with Crippen LogP contribution in [0.2, 0.25) is 10.6 Å². The molecule has 0 fully saturated rings. The molecule has 20 heteroatoms. The Labute approximate surface area is 267 Å². The lowest BCUT2D eigenvalue weighted by molar-refractivity contribution is -0.432. The molecule has 0 atom stereocenters. The van der Waals surface area contributed by atoms with Crippen molar-refractivity contribution in [2.45, 2.75) is 30.6 Å². The van der Waals surface area contributed by atoms with Gasteiger partial charge in [-0.25, -0.2) is 15.2 Å². The van der Waals surface area contributed by atoms with Crippen molar-refractivity contribution in [1.82, 2.24) is 35.2 Å². The molecule has 2 heterocycles. The van der Waals surface area contributed by atoms with Gasteiger partial charge in [-0.2, -0.15) is 28.4 Å². The smallest absolute Gasteiger partial charge is 0.294 e. The van der Waals surface area contributed by atoms with Crippen molar-refractivity contribution in [2.24, 2.45) is 0 Å². The molecule has 4 aromatic rings. The number of hydrogen-bond donors (Lipinski definition) is 6. The first-order valence-corrected chi connectivity index (χ1v) is 15.4. The molecule has 44 heavy (non-hydrogen) atoms. The zero-order valence-corrected chi connectivity index (χ0v) is 26.8. The molecular formula is C24H28Cl2N10O6S2. The molecule has 0 amide bonds. The molecule has 0 saturated heterocycles. The topological polar surface area (TPSA) is 219 Å². The fourth-order valence-electron chi connectivity index (χ4n) is 3.45. The summed E-state index contributed by atoms with van der Waals surface area (Å²) in [4.78, 5) is 24.4. The van der Waals surface area contributed by atoms with E-state index in [2.05, 4.69) is 60.5 Å². The van der Waals surface area contributed by atoms with E-state index in [1.165, 1.54) is 12.4 Å². The summed E-state index contributed by atoms with van der Waals surface area (Å²) in [6.07, 6.45) is 1.26. The first-order valence-electron chi connectivity index (χ1n) is 12.4. The van der Waals surface area contributed by atoms with Gasteiger partial charge in [-0.3, -0.25) is 4.55 Å². The number of aromatic nitrogens is 6. The number of hydrogen-bond acceptors (Lipinski definition) is 16. The van der Waals surface area contributed by atoms with E-state index in [1.807, 2.05) is 26.1 Å². The van der Waals surface area contributed by atoms with Gasteiger partial charge < -0.3 is 21.3 Å². The molecule has 0 unspecified atom stereocenters. The lowest BCUT2D eigenvalue weighted by Gasteiger charge is -2.11. The molecule has 2 aromatic carbocycles. The Morgan fingerprint density at radius 3 is 2.25 bits per heavy atom. The first kappa shape index (κ1) is 35.0. The zero-order valence-electron chi connectivity index (χ0n) is 23.7. The summed E-state index contributed by atoms with van der Waals surface area (Å²) in [6.45, 7) is 6.59. The number of likely N-dealkylation sites (N-methyl/N-ethyl adjacent to an activating group) is 1. The molecule has 4 rings (SSSR count). The van der Waals surface area contributed by atoms with E-state index in [1.54, 1.807) is 26.0 Å². The maximum absolute atomic E-state index is 11.2. The van der Waals surface area contributed by atoms with E-state index in [4.69, 9.17) is 33.0 Å². The molecule has 16 nitrogen and oxygen atoms in total. The molecule has 0 aliphatic heterocycles. The molecular weight excluding hydrogens is 659 g/mol. The van der Waals surface area contributed by atoms with Gasteiger partial charge in [0.05, 0.1) is 16.9 Å². The summed E-state index contributed by atoms with van der Waals surface area (Å²) in [5.74, 6) is 0.967. The Kier molecular flexibility index (Phi) is 13.2. The molecule has 236 valence electrons. The van der Waals surface area contributed by atoms with Gasteiger partial charge in [0.15, 0.2) is 0 Å². The van der Waals surface area contributed by atoms with Crippen molar-refractivity contribution < 1.29 is 27.6 Å². The van der Waals surface area contributed by atoms with E-state index < -0.39 is 10.1 Å². The highest BCUT2D eigenvalue weighted by Crippen LogP contribution is 2.27. The largest absolute Gasteiger partial charge is 0.353 e. The average molecular weight is 688 g/mol. The Morgan fingerprint density at radius 1 is 0.864 bits per heavy atom.